The Labute approximate surface area is 160 Å². The van der Waals surface area contributed by atoms with Gasteiger partial charge in [-0.2, -0.15) is 0 Å². The third kappa shape index (κ3) is 4.95. The molecule has 0 amide bonds. The normalized spacial score (nSPS) is 13.9. The van der Waals surface area contributed by atoms with E-state index in [4.69, 9.17) is 0 Å². The van der Waals surface area contributed by atoms with Crippen molar-refractivity contribution in [3.8, 4) is 0 Å². The van der Waals surface area contributed by atoms with Crippen LogP contribution in [-0.2, 0) is 13.0 Å². The van der Waals surface area contributed by atoms with Gasteiger partial charge < -0.3 is 4.90 Å². The topological polar surface area (TPSA) is 36.3 Å². The Bertz CT molecular complexity index is 880. The van der Waals surface area contributed by atoms with Gasteiger partial charge in [-0.05, 0) is 56.7 Å². The van der Waals surface area contributed by atoms with E-state index < -0.39 is 0 Å². The highest BCUT2D eigenvalue weighted by Crippen LogP contribution is 2.21. The fourth-order valence-electron chi connectivity index (χ4n) is 3.20. The minimum atomic E-state index is -0.221. The zero-order valence-electron chi connectivity index (χ0n) is 16.1. The van der Waals surface area contributed by atoms with Crippen molar-refractivity contribution in [2.24, 2.45) is 4.99 Å². The first-order valence-corrected chi connectivity index (χ1v) is 9.29. The highest BCUT2D eigenvalue weighted by atomic mass is 19.1. The first kappa shape index (κ1) is 19.1. The number of fused-ring (bicyclic) bond motifs is 1. The molecule has 1 aromatic heterocycles. The molecule has 0 saturated heterocycles. The summed E-state index contributed by atoms with van der Waals surface area (Å²) in [5.74, 6) is -0.221. The number of halogens is 1. The summed E-state index contributed by atoms with van der Waals surface area (Å²) in [4.78, 5) is 6.79. The first-order chi connectivity index (χ1) is 13.1. The van der Waals surface area contributed by atoms with E-state index >= 15 is 0 Å². The maximum absolute atomic E-state index is 13.7. The molecule has 1 aliphatic heterocycles. The number of H-pyrrole nitrogens is 1. The summed E-state index contributed by atoms with van der Waals surface area (Å²) in [6.45, 7) is 5.36. The lowest BCUT2D eigenvalue weighted by Crippen LogP contribution is -2.21. The molecule has 0 aliphatic carbocycles. The van der Waals surface area contributed by atoms with E-state index in [0.717, 1.165) is 48.3 Å². The number of allylic oxidation sites excluding steroid dienone is 4. The van der Waals surface area contributed by atoms with E-state index in [-0.39, 0.29) is 5.82 Å². The maximum atomic E-state index is 13.7. The average Bonchev–Trinajstić information content (AvgIpc) is 2.77. The molecule has 0 fully saturated rings. The molecule has 0 spiro atoms. The molecule has 27 heavy (non-hydrogen) atoms. The molecule has 142 valence electrons. The number of rotatable bonds is 8. The highest BCUT2D eigenvalue weighted by Gasteiger charge is 2.16. The van der Waals surface area contributed by atoms with Gasteiger partial charge in [-0.15, -0.1) is 0 Å². The third-order valence-electron chi connectivity index (χ3n) is 4.67. The number of aliphatic imine (C=N–C) groups is 1. The van der Waals surface area contributed by atoms with E-state index in [1.54, 1.807) is 18.2 Å². The first-order valence-electron chi connectivity index (χ1n) is 9.29. The van der Waals surface area contributed by atoms with Crippen LogP contribution in [0, 0.1) is 5.82 Å². The zero-order valence-corrected chi connectivity index (χ0v) is 16.1. The summed E-state index contributed by atoms with van der Waals surface area (Å²) in [5.41, 5.74) is 5.31. The Morgan fingerprint density at radius 1 is 1.37 bits per heavy atom. The van der Waals surface area contributed by atoms with Gasteiger partial charge in [0.15, 0.2) is 0 Å². The van der Waals surface area contributed by atoms with Gasteiger partial charge in [-0.1, -0.05) is 36.9 Å². The van der Waals surface area contributed by atoms with Crippen LogP contribution in [0.5, 0.6) is 0 Å². The van der Waals surface area contributed by atoms with Crippen LogP contribution in [0.1, 0.15) is 35.4 Å². The van der Waals surface area contributed by atoms with Crippen LogP contribution in [0.4, 0.5) is 4.39 Å². The van der Waals surface area contributed by atoms with Crippen molar-refractivity contribution in [2.45, 2.75) is 25.8 Å². The SMILES string of the molecule is C=C/C=C/c1ccc(F)cc1Cn1[nH]c2c1CC=C(CCCN(C)C)N=C2. The van der Waals surface area contributed by atoms with Crippen molar-refractivity contribution in [1.29, 1.82) is 0 Å². The number of nitrogens with one attached hydrogen (secondary N) is 1. The van der Waals surface area contributed by atoms with Crippen molar-refractivity contribution in [2.75, 3.05) is 20.6 Å². The minimum absolute atomic E-state index is 0.221. The summed E-state index contributed by atoms with van der Waals surface area (Å²) >= 11 is 0. The van der Waals surface area contributed by atoms with E-state index in [2.05, 4.69) is 46.4 Å². The molecule has 0 radical (unpaired) electrons. The molecule has 1 N–H and O–H groups in total. The number of benzene rings is 1. The Morgan fingerprint density at radius 3 is 3.00 bits per heavy atom. The lowest BCUT2D eigenvalue weighted by molar-refractivity contribution is 0.400. The standard InChI is InChI=1S/C22H27FN4/c1-4-5-7-17-9-10-19(23)14-18(17)16-27-22-12-11-20(8-6-13-26(2)3)24-15-21(22)25-27/h4-5,7,9-11,14-15,25H,1,6,8,12-13,16H2,2-3H3/b7-5+. The summed E-state index contributed by atoms with van der Waals surface area (Å²) < 4.78 is 15.8. The molecule has 0 bridgehead atoms. The van der Waals surface area contributed by atoms with Gasteiger partial charge in [0.25, 0.3) is 0 Å². The lowest BCUT2D eigenvalue weighted by atomic mass is 10.1. The molecule has 2 heterocycles. The van der Waals surface area contributed by atoms with E-state index in [9.17, 15) is 4.39 Å². The Morgan fingerprint density at radius 2 is 2.22 bits per heavy atom. The summed E-state index contributed by atoms with van der Waals surface area (Å²) in [7, 11) is 4.17. The smallest absolute Gasteiger partial charge is 0.123 e. The van der Waals surface area contributed by atoms with Crippen LogP contribution in [-0.4, -0.2) is 41.5 Å². The fraction of sp³-hybridized carbons (Fsp3) is 0.318. The molecule has 2 aromatic rings. The summed E-state index contributed by atoms with van der Waals surface area (Å²) in [6.07, 6.45) is 12.6. The Kier molecular flexibility index (Phi) is 6.24. The molecule has 1 aliphatic rings. The Hall–Kier alpha value is -2.66. The molecule has 0 saturated carbocycles. The van der Waals surface area contributed by atoms with Gasteiger partial charge in [0, 0.05) is 12.1 Å². The van der Waals surface area contributed by atoms with Gasteiger partial charge in [-0.25, -0.2) is 4.39 Å². The van der Waals surface area contributed by atoms with Crippen LogP contribution < -0.4 is 0 Å². The quantitative estimate of drug-likeness (QED) is 0.691. The number of nitrogens with zero attached hydrogens (tertiary/aromatic N) is 3. The van der Waals surface area contributed by atoms with Crippen molar-refractivity contribution in [3.05, 3.63) is 77.0 Å². The van der Waals surface area contributed by atoms with Crippen LogP contribution in [0.3, 0.4) is 0 Å². The average molecular weight is 366 g/mol. The lowest BCUT2D eigenvalue weighted by Gasteiger charge is -2.21. The fourth-order valence-corrected chi connectivity index (χ4v) is 3.20. The van der Waals surface area contributed by atoms with E-state index in [1.807, 2.05) is 18.4 Å². The van der Waals surface area contributed by atoms with Crippen molar-refractivity contribution >= 4 is 12.3 Å². The van der Waals surface area contributed by atoms with Gasteiger partial charge in [0.05, 0.1) is 24.1 Å². The van der Waals surface area contributed by atoms with Gasteiger partial charge in [0.1, 0.15) is 5.82 Å². The molecule has 0 atom stereocenters. The maximum Gasteiger partial charge on any atom is 0.123 e. The van der Waals surface area contributed by atoms with E-state index in [1.165, 1.54) is 11.8 Å². The molecule has 5 heteroatoms. The summed E-state index contributed by atoms with van der Waals surface area (Å²) in [5, 5.41) is 3.32. The second kappa shape index (κ2) is 8.82. The van der Waals surface area contributed by atoms with Gasteiger partial charge in [-0.3, -0.25) is 14.8 Å². The minimum Gasteiger partial charge on any atom is -0.309 e. The number of aromatic nitrogens is 2. The Balaban J connectivity index is 1.71. The van der Waals surface area contributed by atoms with Crippen LogP contribution in [0.25, 0.3) is 6.08 Å². The number of hydrogen-bond acceptors (Lipinski definition) is 2. The highest BCUT2D eigenvalue weighted by molar-refractivity contribution is 5.80. The molecule has 0 unspecified atom stereocenters. The zero-order chi connectivity index (χ0) is 19.2. The van der Waals surface area contributed by atoms with Gasteiger partial charge in [0.2, 0.25) is 0 Å². The second-order valence-corrected chi connectivity index (χ2v) is 7.06. The van der Waals surface area contributed by atoms with Crippen LogP contribution in [0.2, 0.25) is 0 Å². The van der Waals surface area contributed by atoms with Crippen LogP contribution >= 0.6 is 0 Å². The predicted octanol–water partition coefficient (Wildman–Crippen LogP) is 4.40. The van der Waals surface area contributed by atoms with Crippen LogP contribution in [0.15, 0.2) is 53.7 Å². The number of hydrogen-bond donors (Lipinski definition) is 1. The predicted molar refractivity (Wildman–Crippen MR) is 111 cm³/mol. The largest absolute Gasteiger partial charge is 0.309 e. The molecular formula is C22H27FN4. The summed E-state index contributed by atoms with van der Waals surface area (Å²) in [6, 6.07) is 4.88. The third-order valence-corrected chi connectivity index (χ3v) is 4.67. The van der Waals surface area contributed by atoms with Crippen molar-refractivity contribution in [3.63, 3.8) is 0 Å². The second-order valence-electron chi connectivity index (χ2n) is 7.06. The molecule has 3 rings (SSSR count). The molecule has 1 aromatic carbocycles. The molecular weight excluding hydrogens is 339 g/mol. The number of aromatic amines is 1. The van der Waals surface area contributed by atoms with Crippen molar-refractivity contribution in [1.82, 2.24) is 14.7 Å². The van der Waals surface area contributed by atoms with Crippen molar-refractivity contribution < 1.29 is 4.39 Å². The van der Waals surface area contributed by atoms with E-state index in [0.29, 0.717) is 6.54 Å². The molecule has 4 nitrogen and oxygen atoms in total. The van der Waals surface area contributed by atoms with Gasteiger partial charge >= 0.3 is 0 Å². The monoisotopic (exact) mass is 366 g/mol.